The Morgan fingerprint density at radius 3 is 2.72 bits per heavy atom. The minimum atomic E-state index is -0.174. The molecule has 2 rings (SSSR count). The SMILES string of the molecule is CC(=O)Nc1nc(C(=O)N(C)C2CCCC2)cs1. The van der Waals surface area contributed by atoms with Crippen molar-refractivity contribution in [2.75, 3.05) is 12.4 Å². The van der Waals surface area contributed by atoms with Crippen LogP contribution < -0.4 is 5.32 Å². The molecule has 0 unspecified atom stereocenters. The molecule has 1 saturated carbocycles. The molecule has 0 atom stereocenters. The van der Waals surface area contributed by atoms with Crippen LogP contribution in [0.5, 0.6) is 0 Å². The molecule has 2 amide bonds. The van der Waals surface area contributed by atoms with Gasteiger partial charge in [0.2, 0.25) is 5.91 Å². The largest absolute Gasteiger partial charge is 0.337 e. The first-order valence-electron chi connectivity index (χ1n) is 6.08. The van der Waals surface area contributed by atoms with Gasteiger partial charge in [-0.15, -0.1) is 11.3 Å². The van der Waals surface area contributed by atoms with Crippen molar-refractivity contribution in [3.63, 3.8) is 0 Å². The third-order valence-electron chi connectivity index (χ3n) is 3.20. The van der Waals surface area contributed by atoms with Crippen molar-refractivity contribution < 1.29 is 9.59 Å². The van der Waals surface area contributed by atoms with Crippen LogP contribution in [-0.2, 0) is 4.79 Å². The lowest BCUT2D eigenvalue weighted by molar-refractivity contribution is -0.114. The quantitative estimate of drug-likeness (QED) is 0.912. The molecule has 5 nitrogen and oxygen atoms in total. The van der Waals surface area contributed by atoms with Crippen molar-refractivity contribution >= 4 is 28.3 Å². The highest BCUT2D eigenvalue weighted by Crippen LogP contribution is 2.24. The summed E-state index contributed by atoms with van der Waals surface area (Å²) in [5.41, 5.74) is 0.415. The van der Waals surface area contributed by atoms with E-state index in [1.54, 1.807) is 10.3 Å². The van der Waals surface area contributed by atoms with Gasteiger partial charge in [-0.3, -0.25) is 9.59 Å². The Morgan fingerprint density at radius 1 is 1.44 bits per heavy atom. The average molecular weight is 267 g/mol. The first-order chi connectivity index (χ1) is 8.58. The normalized spacial score (nSPS) is 15.7. The molecule has 6 heteroatoms. The number of carbonyl (C=O) groups is 2. The summed E-state index contributed by atoms with van der Waals surface area (Å²) in [7, 11) is 1.83. The van der Waals surface area contributed by atoms with E-state index in [1.807, 2.05) is 7.05 Å². The summed E-state index contributed by atoms with van der Waals surface area (Å²) in [4.78, 5) is 29.0. The zero-order valence-corrected chi connectivity index (χ0v) is 11.4. The first kappa shape index (κ1) is 13.0. The van der Waals surface area contributed by atoms with Crippen LogP contribution in [-0.4, -0.2) is 34.8 Å². The van der Waals surface area contributed by atoms with Crippen molar-refractivity contribution in [3.05, 3.63) is 11.1 Å². The van der Waals surface area contributed by atoms with Gasteiger partial charge in [-0.05, 0) is 12.8 Å². The van der Waals surface area contributed by atoms with Crippen LogP contribution in [0.1, 0.15) is 43.1 Å². The lowest BCUT2D eigenvalue weighted by Gasteiger charge is -2.23. The van der Waals surface area contributed by atoms with Crippen LogP contribution in [0.2, 0.25) is 0 Å². The Hall–Kier alpha value is -1.43. The molecule has 1 fully saturated rings. The van der Waals surface area contributed by atoms with Crippen LogP contribution in [0.15, 0.2) is 5.38 Å². The highest BCUT2D eigenvalue weighted by Gasteiger charge is 2.25. The molecule has 1 aliphatic carbocycles. The second-order valence-electron chi connectivity index (χ2n) is 4.57. The number of aromatic nitrogens is 1. The molecule has 0 saturated heterocycles. The number of anilines is 1. The second kappa shape index (κ2) is 5.48. The molecule has 0 radical (unpaired) electrons. The van der Waals surface area contributed by atoms with Gasteiger partial charge < -0.3 is 10.2 Å². The molecule has 18 heavy (non-hydrogen) atoms. The van der Waals surface area contributed by atoms with Crippen LogP contribution in [0.3, 0.4) is 0 Å². The van der Waals surface area contributed by atoms with E-state index in [0.29, 0.717) is 16.9 Å². The first-order valence-corrected chi connectivity index (χ1v) is 6.96. The third-order valence-corrected chi connectivity index (χ3v) is 3.96. The van der Waals surface area contributed by atoms with Gasteiger partial charge in [-0.25, -0.2) is 4.98 Å². The summed E-state index contributed by atoms with van der Waals surface area (Å²) >= 11 is 1.28. The summed E-state index contributed by atoms with van der Waals surface area (Å²) in [6.45, 7) is 1.42. The topological polar surface area (TPSA) is 62.3 Å². The molecule has 1 aromatic heterocycles. The fraction of sp³-hybridized carbons (Fsp3) is 0.583. The van der Waals surface area contributed by atoms with Crippen LogP contribution >= 0.6 is 11.3 Å². The number of hydrogen-bond acceptors (Lipinski definition) is 4. The van der Waals surface area contributed by atoms with Gasteiger partial charge in [-0.2, -0.15) is 0 Å². The monoisotopic (exact) mass is 267 g/mol. The van der Waals surface area contributed by atoms with Crippen molar-refractivity contribution in [2.45, 2.75) is 38.6 Å². The van der Waals surface area contributed by atoms with E-state index in [1.165, 1.54) is 31.1 Å². The summed E-state index contributed by atoms with van der Waals surface area (Å²) in [5.74, 6) is -0.234. The Bertz CT molecular complexity index is 452. The Morgan fingerprint density at radius 2 is 2.11 bits per heavy atom. The van der Waals surface area contributed by atoms with Crippen molar-refractivity contribution in [1.82, 2.24) is 9.88 Å². The number of hydrogen-bond donors (Lipinski definition) is 1. The number of rotatable bonds is 3. The zero-order valence-electron chi connectivity index (χ0n) is 10.6. The Labute approximate surface area is 110 Å². The van der Waals surface area contributed by atoms with Gasteiger partial charge >= 0.3 is 0 Å². The number of amides is 2. The molecule has 0 aliphatic heterocycles. The maximum atomic E-state index is 12.2. The fourth-order valence-electron chi connectivity index (χ4n) is 2.22. The second-order valence-corrected chi connectivity index (χ2v) is 5.43. The molecular formula is C12H17N3O2S. The number of nitrogens with one attached hydrogen (secondary N) is 1. The lowest BCUT2D eigenvalue weighted by atomic mass is 10.2. The number of thiazole rings is 1. The van der Waals surface area contributed by atoms with E-state index in [2.05, 4.69) is 10.3 Å². The van der Waals surface area contributed by atoms with Gasteiger partial charge in [0, 0.05) is 25.4 Å². The van der Waals surface area contributed by atoms with Crippen LogP contribution in [0.25, 0.3) is 0 Å². The molecule has 1 aliphatic rings. The smallest absolute Gasteiger partial charge is 0.273 e. The van der Waals surface area contributed by atoms with E-state index in [-0.39, 0.29) is 11.8 Å². The van der Waals surface area contributed by atoms with Crippen LogP contribution in [0, 0.1) is 0 Å². The molecular weight excluding hydrogens is 250 g/mol. The van der Waals surface area contributed by atoms with E-state index >= 15 is 0 Å². The summed E-state index contributed by atoms with van der Waals surface area (Å²) in [5, 5.41) is 4.76. The van der Waals surface area contributed by atoms with Gasteiger partial charge in [-0.1, -0.05) is 12.8 Å². The average Bonchev–Trinajstić information content (AvgIpc) is 2.96. The van der Waals surface area contributed by atoms with Gasteiger partial charge in [0.1, 0.15) is 5.69 Å². The fourth-order valence-corrected chi connectivity index (χ4v) is 2.95. The summed E-state index contributed by atoms with van der Waals surface area (Å²) in [6, 6.07) is 0.336. The third kappa shape index (κ3) is 2.87. The summed E-state index contributed by atoms with van der Waals surface area (Å²) in [6.07, 6.45) is 4.53. The maximum absolute atomic E-state index is 12.2. The Kier molecular flexibility index (Phi) is 3.96. The molecule has 0 spiro atoms. The van der Waals surface area contributed by atoms with E-state index in [4.69, 9.17) is 0 Å². The minimum absolute atomic E-state index is 0.0604. The van der Waals surface area contributed by atoms with Gasteiger partial charge in [0.05, 0.1) is 0 Å². The van der Waals surface area contributed by atoms with E-state index < -0.39 is 0 Å². The molecule has 0 aromatic carbocycles. The van der Waals surface area contributed by atoms with Crippen LogP contribution in [0.4, 0.5) is 5.13 Å². The molecule has 98 valence electrons. The molecule has 1 N–H and O–H groups in total. The minimum Gasteiger partial charge on any atom is -0.337 e. The number of nitrogens with zero attached hydrogens (tertiary/aromatic N) is 2. The molecule has 1 heterocycles. The molecule has 1 aromatic rings. The standard InChI is InChI=1S/C12H17N3O2S/c1-8(16)13-12-14-10(7-18-12)11(17)15(2)9-5-3-4-6-9/h7,9H,3-6H2,1-2H3,(H,13,14,16). The highest BCUT2D eigenvalue weighted by atomic mass is 32.1. The zero-order chi connectivity index (χ0) is 13.1. The summed E-state index contributed by atoms with van der Waals surface area (Å²) < 4.78 is 0. The predicted octanol–water partition coefficient (Wildman–Crippen LogP) is 2.12. The van der Waals surface area contributed by atoms with E-state index in [9.17, 15) is 9.59 Å². The van der Waals surface area contributed by atoms with Crippen molar-refractivity contribution in [1.29, 1.82) is 0 Å². The molecule has 0 bridgehead atoms. The highest BCUT2D eigenvalue weighted by molar-refractivity contribution is 7.14. The van der Waals surface area contributed by atoms with E-state index in [0.717, 1.165) is 12.8 Å². The van der Waals surface area contributed by atoms with Crippen molar-refractivity contribution in [2.24, 2.45) is 0 Å². The Balaban J connectivity index is 2.03. The maximum Gasteiger partial charge on any atom is 0.273 e. The van der Waals surface area contributed by atoms with Gasteiger partial charge in [0.15, 0.2) is 5.13 Å². The number of carbonyl (C=O) groups excluding carboxylic acids is 2. The van der Waals surface area contributed by atoms with Gasteiger partial charge in [0.25, 0.3) is 5.91 Å². The lowest BCUT2D eigenvalue weighted by Crippen LogP contribution is -2.35. The predicted molar refractivity (Wildman–Crippen MR) is 70.8 cm³/mol. The van der Waals surface area contributed by atoms with Crippen molar-refractivity contribution in [3.8, 4) is 0 Å².